The highest BCUT2D eigenvalue weighted by atomic mass is 79.9. The molecule has 0 fully saturated rings. The Morgan fingerprint density at radius 1 is 1.07 bits per heavy atom. The lowest BCUT2D eigenvalue weighted by atomic mass is 10.0. The molecule has 0 aliphatic carbocycles. The molecule has 30 heavy (non-hydrogen) atoms. The molecule has 156 valence electrons. The number of phenols is 1. The van der Waals surface area contributed by atoms with Gasteiger partial charge in [-0.05, 0) is 76.3 Å². The minimum atomic E-state index is -0.491. The molecular weight excluding hydrogens is 534 g/mol. The average molecular weight is 554 g/mol. The number of aryl methyl sites for hydroxylation is 1. The van der Waals surface area contributed by atoms with Crippen LogP contribution in [0.5, 0.6) is 17.2 Å². The van der Waals surface area contributed by atoms with E-state index in [1.165, 1.54) is 6.07 Å². The van der Waals surface area contributed by atoms with Crippen LogP contribution in [0.2, 0.25) is 5.02 Å². The van der Waals surface area contributed by atoms with Crippen molar-refractivity contribution in [2.45, 2.75) is 26.7 Å². The summed E-state index contributed by atoms with van der Waals surface area (Å²) in [6.45, 7) is 6.18. The highest BCUT2D eigenvalue weighted by molar-refractivity contribution is 9.11. The summed E-state index contributed by atoms with van der Waals surface area (Å²) in [5.41, 5.74) is 2.64. The summed E-state index contributed by atoms with van der Waals surface area (Å²) in [6.07, 6.45) is 0. The summed E-state index contributed by atoms with van der Waals surface area (Å²) >= 11 is 12.7. The van der Waals surface area contributed by atoms with Crippen molar-refractivity contribution in [3.8, 4) is 17.2 Å². The van der Waals surface area contributed by atoms with Gasteiger partial charge in [0.2, 0.25) is 0 Å². The first-order valence-corrected chi connectivity index (χ1v) is 11.2. The molecule has 3 aromatic carbocycles. The first kappa shape index (κ1) is 22.7. The minimum absolute atomic E-state index is 0.112. The van der Waals surface area contributed by atoms with Gasteiger partial charge in [0, 0.05) is 9.50 Å². The van der Waals surface area contributed by atoms with Crippen molar-refractivity contribution in [2.24, 2.45) is 0 Å². The first-order valence-electron chi connectivity index (χ1n) is 9.23. The summed E-state index contributed by atoms with van der Waals surface area (Å²) in [6, 6.07) is 14.3. The van der Waals surface area contributed by atoms with E-state index < -0.39 is 5.91 Å². The van der Waals surface area contributed by atoms with Crippen LogP contribution >= 0.6 is 43.5 Å². The number of hydrogen-bond donors (Lipinski definition) is 2. The van der Waals surface area contributed by atoms with Crippen LogP contribution in [0.25, 0.3) is 0 Å². The maximum atomic E-state index is 12.9. The fourth-order valence-electron chi connectivity index (χ4n) is 2.94. The van der Waals surface area contributed by atoms with Crippen LogP contribution in [0, 0.1) is 6.92 Å². The first-order chi connectivity index (χ1) is 14.2. The van der Waals surface area contributed by atoms with Crippen molar-refractivity contribution in [3.05, 3.63) is 79.2 Å². The van der Waals surface area contributed by atoms with Gasteiger partial charge in [0.25, 0.3) is 5.91 Å². The van der Waals surface area contributed by atoms with Gasteiger partial charge < -0.3 is 15.2 Å². The van der Waals surface area contributed by atoms with Gasteiger partial charge in [-0.3, -0.25) is 4.79 Å². The smallest absolute Gasteiger partial charge is 0.259 e. The average Bonchev–Trinajstić information content (AvgIpc) is 2.66. The van der Waals surface area contributed by atoms with Crippen molar-refractivity contribution in [2.75, 3.05) is 5.32 Å². The van der Waals surface area contributed by atoms with Gasteiger partial charge in [0.05, 0.1) is 15.7 Å². The normalized spacial score (nSPS) is 10.9. The van der Waals surface area contributed by atoms with E-state index in [4.69, 9.17) is 16.3 Å². The third-order valence-corrected chi connectivity index (χ3v) is 5.77. The van der Waals surface area contributed by atoms with Gasteiger partial charge in [-0.2, -0.15) is 0 Å². The van der Waals surface area contributed by atoms with Crippen molar-refractivity contribution in [1.82, 2.24) is 0 Å². The lowest BCUT2D eigenvalue weighted by Crippen LogP contribution is -2.13. The van der Waals surface area contributed by atoms with Gasteiger partial charge in [0.15, 0.2) is 5.75 Å². The lowest BCUT2D eigenvalue weighted by Gasteiger charge is -2.17. The molecule has 0 saturated carbocycles. The Kier molecular flexibility index (Phi) is 7.11. The number of amides is 1. The Morgan fingerprint density at radius 3 is 2.50 bits per heavy atom. The van der Waals surface area contributed by atoms with Gasteiger partial charge in [-0.1, -0.05) is 53.5 Å². The number of benzene rings is 3. The number of anilines is 1. The molecule has 0 aliphatic rings. The Balaban J connectivity index is 1.98. The lowest BCUT2D eigenvalue weighted by molar-refractivity contribution is 0.102. The Bertz CT molecular complexity index is 1120. The molecule has 0 spiro atoms. The van der Waals surface area contributed by atoms with Crippen LogP contribution in [-0.2, 0) is 0 Å². The van der Waals surface area contributed by atoms with E-state index >= 15 is 0 Å². The third kappa shape index (κ3) is 5.17. The van der Waals surface area contributed by atoms with E-state index in [9.17, 15) is 9.90 Å². The predicted octanol–water partition coefficient (Wildman–Crippen LogP) is 8.05. The molecule has 4 nitrogen and oxygen atoms in total. The summed E-state index contributed by atoms with van der Waals surface area (Å²) < 4.78 is 7.26. The second kappa shape index (κ2) is 9.41. The van der Waals surface area contributed by atoms with Crippen LogP contribution in [0.1, 0.15) is 41.3 Å². The molecule has 0 unspecified atom stereocenters. The molecular formula is C23H20Br2ClNO3. The molecule has 0 bridgehead atoms. The molecule has 0 atom stereocenters. The number of phenolic OH excluding ortho intramolecular Hbond substituents is 1. The maximum Gasteiger partial charge on any atom is 0.259 e. The van der Waals surface area contributed by atoms with Crippen LogP contribution in [-0.4, -0.2) is 11.0 Å². The molecule has 0 heterocycles. The number of carbonyl (C=O) groups excluding carboxylic acids is 1. The fraction of sp³-hybridized carbons (Fsp3) is 0.174. The fourth-order valence-corrected chi connectivity index (χ4v) is 4.34. The highest BCUT2D eigenvalue weighted by Crippen LogP contribution is 2.37. The summed E-state index contributed by atoms with van der Waals surface area (Å²) in [5.74, 6) is 0.794. The van der Waals surface area contributed by atoms with Crippen LogP contribution in [0.3, 0.4) is 0 Å². The summed E-state index contributed by atoms with van der Waals surface area (Å²) in [5, 5.41) is 13.5. The van der Waals surface area contributed by atoms with E-state index in [0.717, 1.165) is 16.9 Å². The van der Waals surface area contributed by atoms with Gasteiger partial charge >= 0.3 is 0 Å². The molecule has 0 saturated heterocycles. The van der Waals surface area contributed by atoms with E-state index in [-0.39, 0.29) is 17.2 Å². The molecule has 0 radical (unpaired) electrons. The minimum Gasteiger partial charge on any atom is -0.506 e. The zero-order chi connectivity index (χ0) is 22.0. The standard InChI is InChI=1S/C23H20Br2ClNO3/c1-12(2)16-6-4-13(3)8-21(16)30-20-7-5-15(26)11-19(20)27-23(29)17-9-14(24)10-18(25)22(17)28/h4-12,28H,1-3H3,(H,27,29). The molecule has 0 aliphatic heterocycles. The quantitative estimate of drug-likeness (QED) is 0.336. The molecule has 1 amide bonds. The van der Waals surface area contributed by atoms with Gasteiger partial charge in [-0.25, -0.2) is 0 Å². The van der Waals surface area contributed by atoms with Crippen LogP contribution in [0.15, 0.2) is 57.5 Å². The molecule has 7 heteroatoms. The molecule has 3 aromatic rings. The predicted molar refractivity (Wildman–Crippen MR) is 128 cm³/mol. The topological polar surface area (TPSA) is 58.6 Å². The van der Waals surface area contributed by atoms with Crippen LogP contribution in [0.4, 0.5) is 5.69 Å². The number of rotatable bonds is 5. The largest absolute Gasteiger partial charge is 0.506 e. The Labute approximate surface area is 197 Å². The highest BCUT2D eigenvalue weighted by Gasteiger charge is 2.18. The molecule has 3 rings (SSSR count). The second-order valence-electron chi connectivity index (χ2n) is 7.18. The third-order valence-electron chi connectivity index (χ3n) is 4.47. The summed E-state index contributed by atoms with van der Waals surface area (Å²) in [7, 11) is 0. The van der Waals surface area contributed by atoms with Crippen molar-refractivity contribution < 1.29 is 14.6 Å². The number of carbonyl (C=O) groups is 1. The number of hydrogen-bond acceptors (Lipinski definition) is 3. The Hall–Kier alpha value is -2.02. The summed E-state index contributed by atoms with van der Waals surface area (Å²) in [4.78, 5) is 12.9. The van der Waals surface area contributed by atoms with Crippen molar-refractivity contribution in [3.63, 3.8) is 0 Å². The van der Waals surface area contributed by atoms with Gasteiger partial charge in [-0.15, -0.1) is 0 Å². The number of ether oxygens (including phenoxy) is 1. The number of nitrogens with one attached hydrogen (secondary N) is 1. The van der Waals surface area contributed by atoms with Crippen LogP contribution < -0.4 is 10.1 Å². The van der Waals surface area contributed by atoms with E-state index in [1.807, 2.05) is 25.1 Å². The Morgan fingerprint density at radius 2 is 1.80 bits per heavy atom. The zero-order valence-corrected chi connectivity index (χ0v) is 20.5. The SMILES string of the molecule is Cc1ccc(C(C)C)c(Oc2ccc(Cl)cc2NC(=O)c2cc(Br)cc(Br)c2O)c1. The molecule has 0 aromatic heterocycles. The van der Waals surface area contributed by atoms with E-state index in [0.29, 0.717) is 25.4 Å². The maximum absolute atomic E-state index is 12.9. The van der Waals surface area contributed by atoms with Gasteiger partial charge in [0.1, 0.15) is 11.5 Å². The zero-order valence-electron chi connectivity index (χ0n) is 16.6. The molecule has 2 N–H and O–H groups in total. The van der Waals surface area contributed by atoms with E-state index in [1.54, 1.807) is 24.3 Å². The van der Waals surface area contributed by atoms with Crippen molar-refractivity contribution >= 4 is 55.1 Å². The second-order valence-corrected chi connectivity index (χ2v) is 9.38. The number of aromatic hydroxyl groups is 1. The number of halogens is 3. The van der Waals surface area contributed by atoms with Crippen molar-refractivity contribution in [1.29, 1.82) is 0 Å². The monoisotopic (exact) mass is 551 g/mol. The van der Waals surface area contributed by atoms with E-state index in [2.05, 4.69) is 51.0 Å².